The van der Waals surface area contributed by atoms with Gasteiger partial charge in [-0.25, -0.2) is 4.98 Å². The summed E-state index contributed by atoms with van der Waals surface area (Å²) in [5.41, 5.74) is 3.24. The van der Waals surface area contributed by atoms with Crippen molar-refractivity contribution in [1.82, 2.24) is 4.98 Å². The molecule has 2 aromatic heterocycles. The van der Waals surface area contributed by atoms with Crippen LogP contribution in [0.5, 0.6) is 0 Å². The summed E-state index contributed by atoms with van der Waals surface area (Å²) in [5.74, 6) is 0.745. The molecular formula is C20H25NOS. The smallest absolute Gasteiger partial charge is 0.237 e. The lowest BCUT2D eigenvalue weighted by Crippen LogP contribution is -1.86. The summed E-state index contributed by atoms with van der Waals surface area (Å²) in [6, 6.07) is 10.6. The zero-order valence-corrected chi connectivity index (χ0v) is 14.9. The van der Waals surface area contributed by atoms with Crippen molar-refractivity contribution in [2.75, 3.05) is 0 Å². The Bertz CT molecular complexity index is 756. The third-order valence-electron chi connectivity index (χ3n) is 4.22. The maximum Gasteiger partial charge on any atom is 0.237 e. The third kappa shape index (κ3) is 4.23. The molecule has 3 rings (SSSR count). The number of oxazole rings is 1. The molecule has 2 heterocycles. The molecule has 0 aliphatic heterocycles. The van der Waals surface area contributed by atoms with Crippen LogP contribution in [0.15, 0.2) is 34.7 Å². The van der Waals surface area contributed by atoms with Crippen molar-refractivity contribution >= 4 is 22.4 Å². The van der Waals surface area contributed by atoms with Gasteiger partial charge in [0.2, 0.25) is 5.89 Å². The van der Waals surface area contributed by atoms with Gasteiger partial charge in [-0.05, 0) is 49.6 Å². The zero-order chi connectivity index (χ0) is 16.1. The first-order chi connectivity index (χ1) is 11.3. The summed E-state index contributed by atoms with van der Waals surface area (Å²) in [6.45, 7) is 4.37. The highest BCUT2D eigenvalue weighted by Gasteiger charge is 2.10. The molecule has 0 unspecified atom stereocenters. The number of rotatable bonds is 8. The Kier molecular flexibility index (Phi) is 5.50. The Morgan fingerprint density at radius 1 is 1.00 bits per heavy atom. The summed E-state index contributed by atoms with van der Waals surface area (Å²) >= 11 is 1.73. The van der Waals surface area contributed by atoms with Gasteiger partial charge in [0.15, 0.2) is 5.58 Å². The number of aryl methyl sites for hydroxylation is 2. The predicted molar refractivity (Wildman–Crippen MR) is 99.1 cm³/mol. The van der Waals surface area contributed by atoms with Crippen molar-refractivity contribution in [3.05, 3.63) is 40.8 Å². The maximum absolute atomic E-state index is 5.89. The second-order valence-electron chi connectivity index (χ2n) is 6.25. The van der Waals surface area contributed by atoms with E-state index >= 15 is 0 Å². The fourth-order valence-electron chi connectivity index (χ4n) is 2.89. The van der Waals surface area contributed by atoms with E-state index in [0.717, 1.165) is 28.3 Å². The van der Waals surface area contributed by atoms with Crippen LogP contribution in [0.2, 0.25) is 0 Å². The fourth-order valence-corrected chi connectivity index (χ4v) is 3.69. The Hall–Kier alpha value is -1.61. The van der Waals surface area contributed by atoms with Crippen LogP contribution in [-0.4, -0.2) is 4.98 Å². The van der Waals surface area contributed by atoms with Crippen LogP contribution in [0.3, 0.4) is 0 Å². The molecule has 0 aliphatic rings. The summed E-state index contributed by atoms with van der Waals surface area (Å²) in [7, 11) is 0. The average molecular weight is 327 g/mol. The fraction of sp³-hybridized carbons (Fsp3) is 0.450. The minimum atomic E-state index is 0.745. The van der Waals surface area contributed by atoms with E-state index in [0.29, 0.717) is 0 Å². The largest absolute Gasteiger partial charge is 0.435 e. The molecular weight excluding hydrogens is 302 g/mol. The number of hydrogen-bond donors (Lipinski definition) is 0. The molecule has 0 bridgehead atoms. The van der Waals surface area contributed by atoms with Gasteiger partial charge in [-0.2, -0.15) is 0 Å². The lowest BCUT2D eigenvalue weighted by atomic mass is 10.0. The predicted octanol–water partition coefficient (Wildman–Crippen LogP) is 6.77. The third-order valence-corrected chi connectivity index (χ3v) is 5.21. The Morgan fingerprint density at radius 2 is 1.83 bits per heavy atom. The van der Waals surface area contributed by atoms with E-state index in [1.807, 2.05) is 0 Å². The minimum absolute atomic E-state index is 0.745. The molecule has 0 amide bonds. The van der Waals surface area contributed by atoms with Gasteiger partial charge in [-0.3, -0.25) is 0 Å². The molecule has 1 aromatic carbocycles. The normalized spacial score (nSPS) is 11.4. The molecule has 0 spiro atoms. The molecule has 0 N–H and O–H groups in total. The van der Waals surface area contributed by atoms with Crippen molar-refractivity contribution in [2.24, 2.45) is 0 Å². The van der Waals surface area contributed by atoms with E-state index in [1.165, 1.54) is 49.0 Å². The van der Waals surface area contributed by atoms with E-state index in [1.54, 1.807) is 11.3 Å². The van der Waals surface area contributed by atoms with Gasteiger partial charge in [0.05, 0.1) is 4.88 Å². The van der Waals surface area contributed by atoms with Crippen LogP contribution in [-0.2, 0) is 6.42 Å². The van der Waals surface area contributed by atoms with Crippen molar-refractivity contribution < 1.29 is 4.42 Å². The van der Waals surface area contributed by atoms with Crippen LogP contribution >= 0.6 is 11.3 Å². The lowest BCUT2D eigenvalue weighted by molar-refractivity contribution is 0.607. The van der Waals surface area contributed by atoms with Gasteiger partial charge in [0.25, 0.3) is 0 Å². The summed E-state index contributed by atoms with van der Waals surface area (Å²) in [4.78, 5) is 7.06. The quantitative estimate of drug-likeness (QED) is 0.427. The van der Waals surface area contributed by atoms with Gasteiger partial charge < -0.3 is 4.42 Å². The Labute approximate surface area is 142 Å². The zero-order valence-electron chi connectivity index (χ0n) is 14.1. The van der Waals surface area contributed by atoms with Gasteiger partial charge in [-0.15, -0.1) is 11.3 Å². The van der Waals surface area contributed by atoms with E-state index in [9.17, 15) is 0 Å². The van der Waals surface area contributed by atoms with Crippen LogP contribution in [0.1, 0.15) is 55.9 Å². The topological polar surface area (TPSA) is 26.0 Å². The number of unbranched alkanes of at least 4 members (excludes halogenated alkanes) is 5. The molecule has 122 valence electrons. The standard InChI is InChI=1S/C20H25NOS/c1-3-4-5-6-7-8-9-16-11-12-18-17(14-16)21-20(22-18)19-13-10-15(2)23-19/h10-14H,3-9H2,1-2H3. The van der Waals surface area contributed by atoms with Crippen molar-refractivity contribution in [3.63, 3.8) is 0 Å². The monoisotopic (exact) mass is 327 g/mol. The second-order valence-corrected chi connectivity index (χ2v) is 7.54. The van der Waals surface area contributed by atoms with Crippen LogP contribution in [0.4, 0.5) is 0 Å². The molecule has 0 saturated heterocycles. The summed E-state index contributed by atoms with van der Waals surface area (Å²) in [6.07, 6.45) is 9.16. The van der Waals surface area contributed by atoms with E-state index < -0.39 is 0 Å². The molecule has 2 nitrogen and oxygen atoms in total. The van der Waals surface area contributed by atoms with Crippen LogP contribution < -0.4 is 0 Å². The SMILES string of the molecule is CCCCCCCCc1ccc2oc(-c3ccc(C)s3)nc2c1. The van der Waals surface area contributed by atoms with E-state index in [4.69, 9.17) is 4.42 Å². The first-order valence-corrected chi connectivity index (χ1v) is 9.54. The van der Waals surface area contributed by atoms with Gasteiger partial charge in [-0.1, -0.05) is 45.1 Å². The van der Waals surface area contributed by atoms with E-state index in [-0.39, 0.29) is 0 Å². The summed E-state index contributed by atoms with van der Waals surface area (Å²) < 4.78 is 5.89. The van der Waals surface area contributed by atoms with Gasteiger partial charge in [0, 0.05) is 4.88 Å². The molecule has 0 aliphatic carbocycles. The second kappa shape index (κ2) is 7.78. The number of hydrogen-bond acceptors (Lipinski definition) is 3. The van der Waals surface area contributed by atoms with Gasteiger partial charge >= 0.3 is 0 Å². The highest BCUT2D eigenvalue weighted by Crippen LogP contribution is 2.30. The molecule has 0 fully saturated rings. The Balaban J connectivity index is 1.63. The Morgan fingerprint density at radius 3 is 2.61 bits per heavy atom. The van der Waals surface area contributed by atoms with E-state index in [2.05, 4.69) is 49.2 Å². The average Bonchev–Trinajstić information content (AvgIpc) is 3.16. The van der Waals surface area contributed by atoms with Gasteiger partial charge in [0.1, 0.15) is 5.52 Å². The highest BCUT2D eigenvalue weighted by molar-refractivity contribution is 7.15. The number of aromatic nitrogens is 1. The molecule has 3 aromatic rings. The lowest BCUT2D eigenvalue weighted by Gasteiger charge is -2.01. The molecule has 0 radical (unpaired) electrons. The van der Waals surface area contributed by atoms with Crippen LogP contribution in [0, 0.1) is 6.92 Å². The molecule has 0 saturated carbocycles. The first kappa shape index (κ1) is 16.3. The number of fused-ring (bicyclic) bond motifs is 1. The summed E-state index contributed by atoms with van der Waals surface area (Å²) in [5, 5.41) is 0. The maximum atomic E-state index is 5.89. The van der Waals surface area contributed by atoms with Crippen molar-refractivity contribution in [1.29, 1.82) is 0 Å². The number of thiophene rings is 1. The minimum Gasteiger partial charge on any atom is -0.435 e. The molecule has 0 atom stereocenters. The van der Waals surface area contributed by atoms with Crippen molar-refractivity contribution in [2.45, 2.75) is 58.8 Å². The number of benzene rings is 1. The first-order valence-electron chi connectivity index (χ1n) is 8.72. The molecule has 23 heavy (non-hydrogen) atoms. The highest BCUT2D eigenvalue weighted by atomic mass is 32.1. The molecule has 3 heteroatoms. The van der Waals surface area contributed by atoms with Crippen LogP contribution in [0.25, 0.3) is 21.9 Å². The van der Waals surface area contributed by atoms with Crippen molar-refractivity contribution in [3.8, 4) is 10.8 Å². The number of nitrogens with zero attached hydrogens (tertiary/aromatic N) is 1.